The lowest BCUT2D eigenvalue weighted by Crippen LogP contribution is -2.56. The van der Waals surface area contributed by atoms with Crippen LogP contribution in [0.3, 0.4) is 0 Å². The number of nitrogens with two attached hydrogens (primary N) is 1. The summed E-state index contributed by atoms with van der Waals surface area (Å²) >= 11 is 0. The Hall–Kier alpha value is -1.43. The smallest absolute Gasteiger partial charge is 0.240 e. The number of nitrogens with one attached hydrogen (secondary N) is 2. The summed E-state index contributed by atoms with van der Waals surface area (Å²) in [6.07, 6.45) is 6.93. The van der Waals surface area contributed by atoms with Crippen LogP contribution in [0.25, 0.3) is 0 Å². The van der Waals surface area contributed by atoms with Crippen LogP contribution in [0.2, 0.25) is 0 Å². The Morgan fingerprint density at radius 2 is 2.53 bits per heavy atom. The maximum Gasteiger partial charge on any atom is 0.240 e. The van der Waals surface area contributed by atoms with Gasteiger partial charge in [0.15, 0.2) is 0 Å². The highest BCUT2D eigenvalue weighted by Gasteiger charge is 2.37. The molecule has 106 valence electrons. The molecule has 0 aliphatic heterocycles. The second-order valence-corrected chi connectivity index (χ2v) is 5.65. The van der Waals surface area contributed by atoms with Gasteiger partial charge in [-0.05, 0) is 25.2 Å². The van der Waals surface area contributed by atoms with Gasteiger partial charge in [-0.1, -0.05) is 19.8 Å². The van der Waals surface area contributed by atoms with Crippen molar-refractivity contribution in [1.82, 2.24) is 20.5 Å². The zero-order valence-electron chi connectivity index (χ0n) is 11.5. The zero-order valence-corrected chi connectivity index (χ0v) is 11.5. The molecule has 1 saturated carbocycles. The fourth-order valence-corrected chi connectivity index (χ4v) is 2.78. The van der Waals surface area contributed by atoms with Gasteiger partial charge >= 0.3 is 0 Å². The summed E-state index contributed by atoms with van der Waals surface area (Å²) in [6, 6.07) is 0. The lowest BCUT2D eigenvalue weighted by atomic mass is 9.76. The van der Waals surface area contributed by atoms with Gasteiger partial charge in [0.1, 0.15) is 12.2 Å². The summed E-state index contributed by atoms with van der Waals surface area (Å²) in [7, 11) is 0. The van der Waals surface area contributed by atoms with E-state index in [1.54, 1.807) is 0 Å². The standard InChI is InChI=1S/C13H23N5O/c1-10-4-2-6-13(14,8-10)12(19)15-7-3-5-11-16-9-17-18-11/h9-10H,2-8,14H2,1H3,(H,15,19)(H,16,17,18). The van der Waals surface area contributed by atoms with E-state index in [1.165, 1.54) is 12.7 Å². The van der Waals surface area contributed by atoms with Crippen molar-refractivity contribution in [3.8, 4) is 0 Å². The fraction of sp³-hybridized carbons (Fsp3) is 0.769. The number of aromatic amines is 1. The van der Waals surface area contributed by atoms with E-state index >= 15 is 0 Å². The molecule has 1 aliphatic carbocycles. The normalized spacial score (nSPS) is 27.2. The number of nitrogens with zero attached hydrogens (tertiary/aromatic N) is 2. The molecule has 2 rings (SSSR count). The van der Waals surface area contributed by atoms with E-state index in [4.69, 9.17) is 5.73 Å². The van der Waals surface area contributed by atoms with E-state index in [-0.39, 0.29) is 5.91 Å². The number of H-pyrrole nitrogens is 1. The summed E-state index contributed by atoms with van der Waals surface area (Å²) in [4.78, 5) is 16.2. The molecule has 1 aromatic rings. The van der Waals surface area contributed by atoms with E-state index in [1.807, 2.05) is 0 Å². The average molecular weight is 265 g/mol. The molecule has 4 N–H and O–H groups in total. The van der Waals surface area contributed by atoms with Gasteiger partial charge in [-0.3, -0.25) is 9.89 Å². The van der Waals surface area contributed by atoms with Crippen molar-refractivity contribution in [2.45, 2.75) is 51.0 Å². The summed E-state index contributed by atoms with van der Waals surface area (Å²) in [5.74, 6) is 1.39. The Balaban J connectivity index is 1.71. The third-order valence-corrected chi connectivity index (χ3v) is 3.83. The first kappa shape index (κ1) is 14.0. The van der Waals surface area contributed by atoms with Crippen LogP contribution < -0.4 is 11.1 Å². The number of amides is 1. The predicted molar refractivity (Wildman–Crippen MR) is 72.3 cm³/mol. The summed E-state index contributed by atoms with van der Waals surface area (Å²) in [6.45, 7) is 2.80. The number of carbonyl (C=O) groups excluding carboxylic acids is 1. The molecule has 1 aliphatic rings. The van der Waals surface area contributed by atoms with Gasteiger partial charge in [-0.15, -0.1) is 0 Å². The number of aryl methyl sites for hydroxylation is 1. The second kappa shape index (κ2) is 6.14. The lowest BCUT2D eigenvalue weighted by molar-refractivity contribution is -0.128. The summed E-state index contributed by atoms with van der Waals surface area (Å²) < 4.78 is 0. The Morgan fingerprint density at radius 1 is 1.68 bits per heavy atom. The van der Waals surface area contributed by atoms with Crippen molar-refractivity contribution >= 4 is 5.91 Å². The van der Waals surface area contributed by atoms with Crippen molar-refractivity contribution < 1.29 is 4.79 Å². The first-order valence-corrected chi connectivity index (χ1v) is 7.01. The van der Waals surface area contributed by atoms with Crippen molar-refractivity contribution in [1.29, 1.82) is 0 Å². The van der Waals surface area contributed by atoms with Crippen LogP contribution in [0.15, 0.2) is 6.33 Å². The topological polar surface area (TPSA) is 96.7 Å². The quantitative estimate of drug-likeness (QED) is 0.685. The molecule has 0 spiro atoms. The lowest BCUT2D eigenvalue weighted by Gasteiger charge is -2.35. The van der Waals surface area contributed by atoms with Gasteiger partial charge in [0, 0.05) is 13.0 Å². The van der Waals surface area contributed by atoms with Gasteiger partial charge in [-0.2, -0.15) is 5.10 Å². The van der Waals surface area contributed by atoms with Crippen LogP contribution in [0.5, 0.6) is 0 Å². The minimum Gasteiger partial charge on any atom is -0.354 e. The van der Waals surface area contributed by atoms with Crippen molar-refractivity contribution in [2.24, 2.45) is 11.7 Å². The largest absolute Gasteiger partial charge is 0.354 e. The molecule has 1 amide bonds. The van der Waals surface area contributed by atoms with Crippen molar-refractivity contribution in [3.63, 3.8) is 0 Å². The van der Waals surface area contributed by atoms with Gasteiger partial charge in [0.25, 0.3) is 0 Å². The van der Waals surface area contributed by atoms with Crippen LogP contribution in [0.4, 0.5) is 0 Å². The number of carbonyl (C=O) groups is 1. The Bertz CT molecular complexity index is 405. The number of rotatable bonds is 5. The molecule has 1 heterocycles. The second-order valence-electron chi connectivity index (χ2n) is 5.65. The molecule has 2 unspecified atom stereocenters. The molecule has 0 aromatic carbocycles. The molecular formula is C13H23N5O. The van der Waals surface area contributed by atoms with E-state index < -0.39 is 5.54 Å². The first-order chi connectivity index (χ1) is 9.10. The molecule has 6 nitrogen and oxygen atoms in total. The highest BCUT2D eigenvalue weighted by atomic mass is 16.2. The molecule has 0 radical (unpaired) electrons. The minimum atomic E-state index is -0.663. The third kappa shape index (κ3) is 3.76. The molecule has 0 bridgehead atoms. The Kier molecular flexibility index (Phi) is 4.52. The fourth-order valence-electron chi connectivity index (χ4n) is 2.78. The van der Waals surface area contributed by atoms with E-state index in [2.05, 4.69) is 27.4 Å². The van der Waals surface area contributed by atoms with Crippen LogP contribution in [0, 0.1) is 5.92 Å². The SMILES string of the molecule is CC1CCCC(N)(C(=O)NCCCc2ncn[nH]2)C1. The van der Waals surface area contributed by atoms with Gasteiger partial charge < -0.3 is 11.1 Å². The average Bonchev–Trinajstić information content (AvgIpc) is 2.87. The monoisotopic (exact) mass is 265 g/mol. The third-order valence-electron chi connectivity index (χ3n) is 3.83. The maximum absolute atomic E-state index is 12.2. The number of hydrogen-bond acceptors (Lipinski definition) is 4. The molecule has 1 aromatic heterocycles. The summed E-state index contributed by atoms with van der Waals surface area (Å²) in [5.41, 5.74) is 5.57. The van der Waals surface area contributed by atoms with Gasteiger partial charge in [0.2, 0.25) is 5.91 Å². The molecule has 1 fully saturated rings. The number of aromatic nitrogens is 3. The van der Waals surface area contributed by atoms with Crippen LogP contribution >= 0.6 is 0 Å². The molecule has 2 atom stereocenters. The van der Waals surface area contributed by atoms with Crippen LogP contribution in [-0.4, -0.2) is 33.2 Å². The van der Waals surface area contributed by atoms with Crippen LogP contribution in [-0.2, 0) is 11.2 Å². The van der Waals surface area contributed by atoms with Crippen molar-refractivity contribution in [3.05, 3.63) is 12.2 Å². The van der Waals surface area contributed by atoms with E-state index in [0.717, 1.165) is 37.9 Å². The number of hydrogen-bond donors (Lipinski definition) is 3. The van der Waals surface area contributed by atoms with E-state index in [9.17, 15) is 4.79 Å². The summed E-state index contributed by atoms with van der Waals surface area (Å²) in [5, 5.41) is 9.54. The molecule has 6 heteroatoms. The predicted octanol–water partition coefficient (Wildman–Crippen LogP) is 0.761. The van der Waals surface area contributed by atoms with Crippen molar-refractivity contribution in [2.75, 3.05) is 6.54 Å². The molecule has 19 heavy (non-hydrogen) atoms. The van der Waals surface area contributed by atoms with Gasteiger partial charge in [0.05, 0.1) is 5.54 Å². The Morgan fingerprint density at radius 3 is 3.21 bits per heavy atom. The highest BCUT2D eigenvalue weighted by Crippen LogP contribution is 2.30. The van der Waals surface area contributed by atoms with Gasteiger partial charge in [-0.25, -0.2) is 4.98 Å². The zero-order chi connectivity index (χ0) is 13.7. The van der Waals surface area contributed by atoms with E-state index in [0.29, 0.717) is 12.5 Å². The highest BCUT2D eigenvalue weighted by molar-refractivity contribution is 5.86. The van der Waals surface area contributed by atoms with Crippen LogP contribution in [0.1, 0.15) is 44.9 Å². The molecule has 0 saturated heterocycles. The molecular weight excluding hydrogens is 242 g/mol. The first-order valence-electron chi connectivity index (χ1n) is 7.01. The Labute approximate surface area is 113 Å². The minimum absolute atomic E-state index is 0.00313. The maximum atomic E-state index is 12.2.